The van der Waals surface area contributed by atoms with Gasteiger partial charge < -0.3 is 9.73 Å². The standard InChI is InChI=1S/C7H9N5OS/c1-4(8-2)6-10-11-7(13-6)5-3-14-12-9-5/h3-4,8H,1-2H3. The third-order valence-corrected chi connectivity index (χ3v) is 2.33. The lowest BCUT2D eigenvalue weighted by Crippen LogP contribution is -2.12. The molecule has 0 aromatic carbocycles. The molecule has 0 saturated heterocycles. The first kappa shape index (κ1) is 9.22. The lowest BCUT2D eigenvalue weighted by atomic mass is 10.3. The van der Waals surface area contributed by atoms with Gasteiger partial charge in [0, 0.05) is 5.38 Å². The van der Waals surface area contributed by atoms with Crippen molar-refractivity contribution in [3.8, 4) is 11.6 Å². The van der Waals surface area contributed by atoms with Crippen LogP contribution in [0.1, 0.15) is 18.9 Å². The molecule has 2 aromatic rings. The van der Waals surface area contributed by atoms with Gasteiger partial charge in [-0.15, -0.1) is 15.3 Å². The number of aromatic nitrogens is 4. The maximum atomic E-state index is 5.40. The molecule has 14 heavy (non-hydrogen) atoms. The van der Waals surface area contributed by atoms with Crippen LogP contribution in [0.4, 0.5) is 0 Å². The minimum atomic E-state index is 0.0443. The van der Waals surface area contributed by atoms with E-state index in [1.807, 2.05) is 14.0 Å². The minimum Gasteiger partial charge on any atom is -0.417 e. The zero-order valence-electron chi connectivity index (χ0n) is 7.76. The van der Waals surface area contributed by atoms with Gasteiger partial charge >= 0.3 is 0 Å². The van der Waals surface area contributed by atoms with Crippen molar-refractivity contribution in [1.29, 1.82) is 0 Å². The van der Waals surface area contributed by atoms with Gasteiger partial charge in [0.15, 0.2) is 5.69 Å². The Morgan fingerprint density at radius 2 is 2.29 bits per heavy atom. The van der Waals surface area contributed by atoms with Gasteiger partial charge in [-0.05, 0) is 25.5 Å². The Hall–Kier alpha value is -1.34. The largest absolute Gasteiger partial charge is 0.417 e. The number of hydrogen-bond donors (Lipinski definition) is 1. The van der Waals surface area contributed by atoms with E-state index in [1.165, 1.54) is 11.5 Å². The SMILES string of the molecule is CNC(C)c1nnc(-c2csnn2)o1. The van der Waals surface area contributed by atoms with E-state index in [0.29, 0.717) is 17.5 Å². The highest BCUT2D eigenvalue weighted by Gasteiger charge is 2.14. The van der Waals surface area contributed by atoms with Crippen molar-refractivity contribution >= 4 is 11.5 Å². The summed E-state index contributed by atoms with van der Waals surface area (Å²) in [5, 5.41) is 16.4. The van der Waals surface area contributed by atoms with Crippen molar-refractivity contribution < 1.29 is 4.42 Å². The number of nitrogens with one attached hydrogen (secondary N) is 1. The second-order valence-corrected chi connectivity index (χ2v) is 3.36. The van der Waals surface area contributed by atoms with Crippen molar-refractivity contribution in [2.24, 2.45) is 0 Å². The molecule has 0 bridgehead atoms. The first-order valence-corrected chi connectivity index (χ1v) is 4.93. The lowest BCUT2D eigenvalue weighted by molar-refractivity contribution is 0.440. The van der Waals surface area contributed by atoms with Gasteiger partial charge in [-0.25, -0.2) is 0 Å². The molecule has 1 atom stereocenters. The van der Waals surface area contributed by atoms with E-state index in [-0.39, 0.29) is 6.04 Å². The topological polar surface area (TPSA) is 76.7 Å². The molecule has 0 saturated carbocycles. The zero-order valence-corrected chi connectivity index (χ0v) is 8.58. The van der Waals surface area contributed by atoms with Gasteiger partial charge in [0.1, 0.15) is 0 Å². The van der Waals surface area contributed by atoms with E-state index < -0.39 is 0 Å². The first-order valence-electron chi connectivity index (χ1n) is 4.09. The van der Waals surface area contributed by atoms with E-state index in [1.54, 1.807) is 5.38 Å². The summed E-state index contributed by atoms with van der Waals surface area (Å²) in [7, 11) is 1.83. The van der Waals surface area contributed by atoms with Crippen LogP contribution >= 0.6 is 11.5 Å². The van der Waals surface area contributed by atoms with Gasteiger partial charge in [0.2, 0.25) is 5.89 Å². The quantitative estimate of drug-likeness (QED) is 0.811. The Morgan fingerprint density at radius 1 is 1.43 bits per heavy atom. The highest BCUT2D eigenvalue weighted by Crippen LogP contribution is 2.18. The highest BCUT2D eigenvalue weighted by molar-refractivity contribution is 7.03. The molecule has 1 unspecified atom stereocenters. The number of nitrogens with zero attached hydrogens (tertiary/aromatic N) is 4. The predicted molar refractivity (Wildman–Crippen MR) is 50.7 cm³/mol. The Morgan fingerprint density at radius 3 is 2.93 bits per heavy atom. The molecule has 74 valence electrons. The Labute approximate surface area is 84.5 Å². The van der Waals surface area contributed by atoms with Gasteiger partial charge in [-0.2, -0.15) is 0 Å². The molecular weight excluding hydrogens is 202 g/mol. The molecule has 7 heteroatoms. The summed E-state index contributed by atoms with van der Waals surface area (Å²) in [6.45, 7) is 1.94. The molecule has 2 aromatic heterocycles. The smallest absolute Gasteiger partial charge is 0.269 e. The van der Waals surface area contributed by atoms with Crippen molar-refractivity contribution in [2.75, 3.05) is 7.05 Å². The fourth-order valence-corrected chi connectivity index (χ4v) is 1.32. The molecule has 0 radical (unpaired) electrons. The summed E-state index contributed by atoms with van der Waals surface area (Å²) in [4.78, 5) is 0. The molecule has 0 fully saturated rings. The second-order valence-electron chi connectivity index (χ2n) is 2.75. The Kier molecular flexibility index (Phi) is 2.51. The fourth-order valence-electron chi connectivity index (χ4n) is 0.894. The Balaban J connectivity index is 2.26. The number of hydrogen-bond acceptors (Lipinski definition) is 7. The van der Waals surface area contributed by atoms with Gasteiger partial charge in [-0.3, -0.25) is 0 Å². The summed E-state index contributed by atoms with van der Waals surface area (Å²) in [5.74, 6) is 0.964. The van der Waals surface area contributed by atoms with E-state index in [2.05, 4.69) is 25.1 Å². The molecule has 1 N–H and O–H groups in total. The van der Waals surface area contributed by atoms with Crippen molar-refractivity contribution in [3.05, 3.63) is 11.3 Å². The van der Waals surface area contributed by atoms with Crippen LogP contribution in [0.2, 0.25) is 0 Å². The maximum absolute atomic E-state index is 5.40. The van der Waals surface area contributed by atoms with E-state index in [9.17, 15) is 0 Å². The van der Waals surface area contributed by atoms with Crippen molar-refractivity contribution in [2.45, 2.75) is 13.0 Å². The molecule has 0 spiro atoms. The molecule has 0 amide bonds. The van der Waals surface area contributed by atoms with Crippen LogP contribution in [0.5, 0.6) is 0 Å². The average molecular weight is 211 g/mol. The second kappa shape index (κ2) is 3.81. The summed E-state index contributed by atoms with van der Waals surface area (Å²) in [5.41, 5.74) is 0.622. The fraction of sp³-hybridized carbons (Fsp3) is 0.429. The summed E-state index contributed by atoms with van der Waals surface area (Å²) < 4.78 is 9.12. The minimum absolute atomic E-state index is 0.0443. The van der Waals surface area contributed by atoms with Crippen LogP contribution in [0.3, 0.4) is 0 Å². The van der Waals surface area contributed by atoms with Gasteiger partial charge in [0.25, 0.3) is 5.89 Å². The molecule has 0 aliphatic heterocycles. The third kappa shape index (κ3) is 1.64. The first-order chi connectivity index (χ1) is 6.81. The normalized spacial score (nSPS) is 13.0. The highest BCUT2D eigenvalue weighted by atomic mass is 32.1. The molecule has 0 aliphatic carbocycles. The van der Waals surface area contributed by atoms with Gasteiger partial charge in [0.05, 0.1) is 6.04 Å². The monoisotopic (exact) mass is 211 g/mol. The molecule has 2 rings (SSSR count). The van der Waals surface area contributed by atoms with Crippen LogP contribution in [-0.2, 0) is 0 Å². The van der Waals surface area contributed by atoms with Crippen LogP contribution in [0.15, 0.2) is 9.80 Å². The predicted octanol–water partition coefficient (Wildman–Crippen LogP) is 0.868. The Bertz CT molecular complexity index is 398. The summed E-state index contributed by atoms with van der Waals surface area (Å²) >= 11 is 1.25. The third-order valence-electron chi connectivity index (χ3n) is 1.82. The van der Waals surface area contributed by atoms with E-state index in [0.717, 1.165) is 0 Å². The summed E-state index contributed by atoms with van der Waals surface area (Å²) in [6, 6.07) is 0.0443. The van der Waals surface area contributed by atoms with Crippen LogP contribution in [0.25, 0.3) is 11.6 Å². The molecule has 2 heterocycles. The maximum Gasteiger partial charge on any atom is 0.269 e. The van der Waals surface area contributed by atoms with Crippen LogP contribution in [-0.4, -0.2) is 26.8 Å². The average Bonchev–Trinajstić information content (AvgIpc) is 2.86. The number of rotatable bonds is 3. The van der Waals surface area contributed by atoms with Gasteiger partial charge in [-0.1, -0.05) is 4.49 Å². The molecule has 0 aliphatic rings. The summed E-state index contributed by atoms with van der Waals surface area (Å²) in [6.07, 6.45) is 0. The van der Waals surface area contributed by atoms with Crippen molar-refractivity contribution in [1.82, 2.24) is 25.1 Å². The molecular formula is C7H9N5OS. The van der Waals surface area contributed by atoms with Crippen molar-refractivity contribution in [3.63, 3.8) is 0 Å². The molecule has 6 nitrogen and oxygen atoms in total. The van der Waals surface area contributed by atoms with Crippen LogP contribution < -0.4 is 5.32 Å². The van der Waals surface area contributed by atoms with Crippen LogP contribution in [0, 0.1) is 0 Å². The van der Waals surface area contributed by atoms with E-state index in [4.69, 9.17) is 4.42 Å². The van der Waals surface area contributed by atoms with E-state index >= 15 is 0 Å². The lowest BCUT2D eigenvalue weighted by Gasteiger charge is -2.01. The zero-order chi connectivity index (χ0) is 9.97.